The molecule has 0 saturated carbocycles. The molecular formula is C11H12ClN3O2S2. The average molecular weight is 318 g/mol. The molecule has 3 N–H and O–H groups in total. The molecule has 1 heterocycles. The molecule has 19 heavy (non-hydrogen) atoms. The van der Waals surface area contributed by atoms with E-state index >= 15 is 0 Å². The smallest absolute Gasteiger partial charge is 0.240 e. The van der Waals surface area contributed by atoms with Crippen LogP contribution in [0.5, 0.6) is 0 Å². The lowest BCUT2D eigenvalue weighted by Crippen LogP contribution is -2.26. The van der Waals surface area contributed by atoms with E-state index in [9.17, 15) is 8.42 Å². The van der Waals surface area contributed by atoms with Crippen molar-refractivity contribution >= 4 is 38.6 Å². The number of anilines is 1. The Hall–Kier alpha value is -1.15. The van der Waals surface area contributed by atoms with Gasteiger partial charge >= 0.3 is 0 Å². The lowest BCUT2D eigenvalue weighted by Gasteiger charge is -2.07. The van der Waals surface area contributed by atoms with Crippen molar-refractivity contribution in [2.45, 2.75) is 11.3 Å². The molecule has 0 spiro atoms. The summed E-state index contributed by atoms with van der Waals surface area (Å²) in [6.07, 6.45) is 0.547. The number of nitrogens with zero attached hydrogens (tertiary/aromatic N) is 1. The molecule has 0 saturated heterocycles. The molecule has 0 bridgehead atoms. The molecule has 102 valence electrons. The summed E-state index contributed by atoms with van der Waals surface area (Å²) in [5.41, 5.74) is 8.41. The first-order valence-electron chi connectivity index (χ1n) is 5.41. The molecule has 1 aromatic carbocycles. The van der Waals surface area contributed by atoms with E-state index in [4.69, 9.17) is 17.3 Å². The van der Waals surface area contributed by atoms with E-state index in [-0.39, 0.29) is 17.1 Å². The first-order chi connectivity index (χ1) is 8.99. The van der Waals surface area contributed by atoms with Gasteiger partial charge in [0.25, 0.3) is 0 Å². The van der Waals surface area contributed by atoms with Gasteiger partial charge in [-0.05, 0) is 18.2 Å². The standard InChI is InChI=1S/C11H12ClN3O2S2/c12-10-2-1-9(5-11(10)13)19(16,17)15-4-3-8-6-18-7-14-8/h1-2,5-7,15H,3-4,13H2. The summed E-state index contributed by atoms with van der Waals surface area (Å²) in [6, 6.07) is 4.23. The molecule has 2 rings (SSSR count). The molecule has 0 atom stereocenters. The molecular weight excluding hydrogens is 306 g/mol. The molecule has 0 fully saturated rings. The van der Waals surface area contributed by atoms with Crippen LogP contribution in [0, 0.1) is 0 Å². The molecule has 5 nitrogen and oxygen atoms in total. The Kier molecular flexibility index (Phi) is 4.41. The van der Waals surface area contributed by atoms with Gasteiger partial charge in [0.15, 0.2) is 0 Å². The van der Waals surface area contributed by atoms with Crippen molar-refractivity contribution in [1.82, 2.24) is 9.71 Å². The number of nitrogens with two attached hydrogens (primary N) is 1. The second-order valence-electron chi connectivity index (χ2n) is 3.81. The molecule has 0 unspecified atom stereocenters. The predicted octanol–water partition coefficient (Wildman–Crippen LogP) is 1.90. The van der Waals surface area contributed by atoms with Crippen LogP contribution in [0.15, 0.2) is 34.0 Å². The summed E-state index contributed by atoms with van der Waals surface area (Å²) in [6.45, 7) is 0.286. The zero-order valence-electron chi connectivity index (χ0n) is 9.84. The number of benzene rings is 1. The van der Waals surface area contributed by atoms with Crippen molar-refractivity contribution < 1.29 is 8.42 Å². The zero-order valence-corrected chi connectivity index (χ0v) is 12.2. The van der Waals surface area contributed by atoms with Gasteiger partial charge < -0.3 is 5.73 Å². The van der Waals surface area contributed by atoms with Gasteiger partial charge in [-0.25, -0.2) is 18.1 Å². The number of sulfonamides is 1. The fraction of sp³-hybridized carbons (Fsp3) is 0.182. The van der Waals surface area contributed by atoms with Crippen LogP contribution in [-0.4, -0.2) is 19.9 Å². The Morgan fingerprint density at radius 2 is 2.21 bits per heavy atom. The van der Waals surface area contributed by atoms with Crippen LogP contribution < -0.4 is 10.5 Å². The normalized spacial score (nSPS) is 11.6. The van der Waals surface area contributed by atoms with Gasteiger partial charge in [-0.2, -0.15) is 0 Å². The van der Waals surface area contributed by atoms with Gasteiger partial charge in [-0.3, -0.25) is 0 Å². The van der Waals surface area contributed by atoms with E-state index in [1.807, 2.05) is 5.38 Å². The third-order valence-electron chi connectivity index (χ3n) is 2.43. The second-order valence-corrected chi connectivity index (χ2v) is 6.70. The van der Waals surface area contributed by atoms with Crippen LogP contribution in [0.3, 0.4) is 0 Å². The van der Waals surface area contributed by atoms with Crippen LogP contribution in [-0.2, 0) is 16.4 Å². The molecule has 2 aromatic rings. The number of halogens is 1. The highest BCUT2D eigenvalue weighted by molar-refractivity contribution is 7.89. The molecule has 0 aliphatic carbocycles. The van der Waals surface area contributed by atoms with Crippen LogP contribution in [0.25, 0.3) is 0 Å². The maximum absolute atomic E-state index is 12.0. The van der Waals surface area contributed by atoms with E-state index in [1.165, 1.54) is 29.5 Å². The monoisotopic (exact) mass is 317 g/mol. The van der Waals surface area contributed by atoms with Gasteiger partial charge in [0.05, 0.1) is 26.8 Å². The number of aromatic nitrogens is 1. The third kappa shape index (κ3) is 3.66. The molecule has 0 amide bonds. The Balaban J connectivity index is 2.03. The van der Waals surface area contributed by atoms with Gasteiger partial charge in [0.2, 0.25) is 10.0 Å². The Labute approximate surface area is 120 Å². The molecule has 8 heteroatoms. The van der Waals surface area contributed by atoms with E-state index < -0.39 is 10.0 Å². The Morgan fingerprint density at radius 1 is 1.42 bits per heavy atom. The minimum Gasteiger partial charge on any atom is -0.397 e. The third-order valence-corrected chi connectivity index (χ3v) is 4.87. The first-order valence-corrected chi connectivity index (χ1v) is 8.21. The zero-order chi connectivity index (χ0) is 13.9. The fourth-order valence-corrected chi connectivity index (χ4v) is 3.22. The summed E-state index contributed by atoms with van der Waals surface area (Å²) in [7, 11) is -3.57. The van der Waals surface area contributed by atoms with Gasteiger partial charge in [-0.15, -0.1) is 11.3 Å². The lowest BCUT2D eigenvalue weighted by atomic mass is 10.3. The summed E-state index contributed by atoms with van der Waals surface area (Å²) < 4.78 is 26.5. The summed E-state index contributed by atoms with van der Waals surface area (Å²) >= 11 is 7.23. The SMILES string of the molecule is Nc1cc(S(=O)(=O)NCCc2cscn2)ccc1Cl. The van der Waals surface area contributed by atoms with Crippen LogP contribution in [0.2, 0.25) is 5.02 Å². The van der Waals surface area contributed by atoms with Crippen molar-refractivity contribution in [1.29, 1.82) is 0 Å². The van der Waals surface area contributed by atoms with Crippen molar-refractivity contribution in [3.8, 4) is 0 Å². The Bertz CT molecular complexity index is 657. The first kappa shape index (κ1) is 14.3. The lowest BCUT2D eigenvalue weighted by molar-refractivity contribution is 0.581. The summed E-state index contributed by atoms with van der Waals surface area (Å²) in [5.74, 6) is 0. The van der Waals surface area contributed by atoms with E-state index in [0.717, 1.165) is 5.69 Å². The summed E-state index contributed by atoms with van der Waals surface area (Å²) in [5, 5.41) is 2.22. The Morgan fingerprint density at radius 3 is 2.84 bits per heavy atom. The molecule has 0 radical (unpaired) electrons. The molecule has 0 aliphatic heterocycles. The molecule has 1 aromatic heterocycles. The van der Waals surface area contributed by atoms with Crippen molar-refractivity contribution in [2.75, 3.05) is 12.3 Å². The number of nitrogens with one attached hydrogen (secondary N) is 1. The maximum Gasteiger partial charge on any atom is 0.240 e. The van der Waals surface area contributed by atoms with E-state index in [0.29, 0.717) is 11.4 Å². The van der Waals surface area contributed by atoms with Crippen molar-refractivity contribution in [2.24, 2.45) is 0 Å². The van der Waals surface area contributed by atoms with Crippen molar-refractivity contribution in [3.05, 3.63) is 39.8 Å². The van der Waals surface area contributed by atoms with Crippen LogP contribution >= 0.6 is 22.9 Å². The number of thiazole rings is 1. The van der Waals surface area contributed by atoms with Crippen LogP contribution in [0.4, 0.5) is 5.69 Å². The number of nitrogen functional groups attached to an aromatic ring is 1. The fourth-order valence-electron chi connectivity index (χ4n) is 1.45. The number of hydrogen-bond acceptors (Lipinski definition) is 5. The van der Waals surface area contributed by atoms with Gasteiger partial charge in [0.1, 0.15) is 0 Å². The van der Waals surface area contributed by atoms with Crippen molar-refractivity contribution in [3.63, 3.8) is 0 Å². The highest BCUT2D eigenvalue weighted by Gasteiger charge is 2.14. The minimum absolute atomic E-state index is 0.104. The summed E-state index contributed by atoms with van der Waals surface area (Å²) in [4.78, 5) is 4.18. The van der Waals surface area contributed by atoms with E-state index in [2.05, 4.69) is 9.71 Å². The average Bonchev–Trinajstić information content (AvgIpc) is 2.85. The van der Waals surface area contributed by atoms with E-state index in [1.54, 1.807) is 5.51 Å². The predicted molar refractivity (Wildman–Crippen MR) is 76.9 cm³/mol. The minimum atomic E-state index is -3.57. The van der Waals surface area contributed by atoms with Gasteiger partial charge in [0, 0.05) is 18.3 Å². The van der Waals surface area contributed by atoms with Gasteiger partial charge in [-0.1, -0.05) is 11.6 Å². The molecule has 0 aliphatic rings. The highest BCUT2D eigenvalue weighted by atomic mass is 35.5. The second kappa shape index (κ2) is 5.87. The number of hydrogen-bond donors (Lipinski definition) is 2. The number of rotatable bonds is 5. The largest absolute Gasteiger partial charge is 0.397 e. The topological polar surface area (TPSA) is 85.1 Å². The maximum atomic E-state index is 12.0. The quantitative estimate of drug-likeness (QED) is 0.825. The highest BCUT2D eigenvalue weighted by Crippen LogP contribution is 2.22. The van der Waals surface area contributed by atoms with Crippen LogP contribution in [0.1, 0.15) is 5.69 Å².